The van der Waals surface area contributed by atoms with E-state index in [9.17, 15) is 4.79 Å². The van der Waals surface area contributed by atoms with Gasteiger partial charge in [-0.05, 0) is 68.3 Å². The molecule has 33 heavy (non-hydrogen) atoms. The second-order valence-electron chi connectivity index (χ2n) is 8.09. The lowest BCUT2D eigenvalue weighted by molar-refractivity contribution is 0.102. The van der Waals surface area contributed by atoms with Crippen molar-refractivity contribution in [3.63, 3.8) is 0 Å². The van der Waals surface area contributed by atoms with Crippen LogP contribution >= 0.6 is 15.9 Å². The Morgan fingerprint density at radius 3 is 2.42 bits per heavy atom. The van der Waals surface area contributed by atoms with Crippen molar-refractivity contribution >= 4 is 27.5 Å². The molecule has 0 atom stereocenters. The van der Waals surface area contributed by atoms with Crippen molar-refractivity contribution in [1.82, 2.24) is 9.78 Å². The van der Waals surface area contributed by atoms with E-state index in [1.54, 1.807) is 6.07 Å². The molecule has 0 unspecified atom stereocenters. The van der Waals surface area contributed by atoms with Gasteiger partial charge in [0.05, 0.1) is 23.6 Å². The largest absolute Gasteiger partial charge is 0.489 e. The highest BCUT2D eigenvalue weighted by Gasteiger charge is 2.16. The Bertz CT molecular complexity index is 1260. The molecule has 1 amide bonds. The van der Waals surface area contributed by atoms with Crippen molar-refractivity contribution in [2.75, 3.05) is 5.32 Å². The van der Waals surface area contributed by atoms with Gasteiger partial charge in [0.1, 0.15) is 12.4 Å². The quantitative estimate of drug-likeness (QED) is 0.315. The van der Waals surface area contributed by atoms with Crippen LogP contribution in [0.4, 0.5) is 5.69 Å². The molecule has 3 aromatic carbocycles. The third kappa shape index (κ3) is 5.71. The number of rotatable bonds is 7. The summed E-state index contributed by atoms with van der Waals surface area (Å²) < 4.78 is 8.77. The molecular formula is C27H26BrN3O2. The first kappa shape index (κ1) is 22.8. The highest BCUT2D eigenvalue weighted by atomic mass is 79.9. The van der Waals surface area contributed by atoms with E-state index in [1.807, 2.05) is 61.0 Å². The zero-order chi connectivity index (χ0) is 23.4. The molecule has 0 saturated carbocycles. The lowest BCUT2D eigenvalue weighted by atomic mass is 10.1. The van der Waals surface area contributed by atoms with Crippen molar-refractivity contribution in [3.8, 4) is 5.75 Å². The van der Waals surface area contributed by atoms with Gasteiger partial charge in [0, 0.05) is 10.0 Å². The third-order valence-electron chi connectivity index (χ3n) is 5.48. The number of anilines is 1. The summed E-state index contributed by atoms with van der Waals surface area (Å²) in [7, 11) is 0. The van der Waals surface area contributed by atoms with Gasteiger partial charge in [0.15, 0.2) is 0 Å². The zero-order valence-electron chi connectivity index (χ0n) is 18.9. The number of hydrogen-bond donors (Lipinski definition) is 1. The van der Waals surface area contributed by atoms with Crippen molar-refractivity contribution < 1.29 is 9.53 Å². The monoisotopic (exact) mass is 503 g/mol. The average Bonchev–Trinajstić information content (AvgIpc) is 3.07. The van der Waals surface area contributed by atoms with Gasteiger partial charge >= 0.3 is 0 Å². The number of benzene rings is 3. The smallest absolute Gasteiger partial charge is 0.255 e. The number of halogens is 1. The number of carbonyl (C=O) groups excluding carboxylic acids is 1. The molecule has 0 bridgehead atoms. The summed E-state index contributed by atoms with van der Waals surface area (Å²) in [6.07, 6.45) is 0. The van der Waals surface area contributed by atoms with Crippen LogP contribution < -0.4 is 10.1 Å². The van der Waals surface area contributed by atoms with Gasteiger partial charge in [-0.1, -0.05) is 57.9 Å². The Kier molecular flexibility index (Phi) is 6.94. The topological polar surface area (TPSA) is 56.2 Å². The molecule has 6 heteroatoms. The molecule has 0 spiro atoms. The first-order chi connectivity index (χ1) is 15.9. The molecule has 1 heterocycles. The molecule has 0 fully saturated rings. The van der Waals surface area contributed by atoms with E-state index in [0.717, 1.165) is 32.9 Å². The van der Waals surface area contributed by atoms with Crippen LogP contribution in [0.2, 0.25) is 0 Å². The standard InChI is InChI=1S/C27H26BrN3O2/c1-18-7-9-21(10-8-18)16-31-20(3)26(19(2)30-31)29-27(32)23-6-4-5-22(15-23)17-33-25-13-11-24(28)12-14-25/h4-15H,16-17H2,1-3H3,(H,29,32). The maximum Gasteiger partial charge on any atom is 0.255 e. The summed E-state index contributed by atoms with van der Waals surface area (Å²) >= 11 is 3.42. The van der Waals surface area contributed by atoms with Gasteiger partial charge in [0.25, 0.3) is 5.91 Å². The molecule has 0 aliphatic rings. The van der Waals surface area contributed by atoms with Crippen molar-refractivity contribution in [3.05, 3.63) is 111 Å². The lowest BCUT2D eigenvalue weighted by Crippen LogP contribution is -2.14. The van der Waals surface area contributed by atoms with E-state index in [-0.39, 0.29) is 5.91 Å². The fraction of sp³-hybridized carbons (Fsp3) is 0.185. The molecule has 1 N–H and O–H groups in total. The molecule has 0 aliphatic carbocycles. The Labute approximate surface area is 202 Å². The van der Waals surface area contributed by atoms with Crippen LogP contribution in [-0.2, 0) is 13.2 Å². The van der Waals surface area contributed by atoms with E-state index in [1.165, 1.54) is 11.1 Å². The summed E-state index contributed by atoms with van der Waals surface area (Å²) in [6.45, 7) is 7.01. The molecule has 4 rings (SSSR count). The number of carbonyl (C=O) groups is 1. The lowest BCUT2D eigenvalue weighted by Gasteiger charge is -2.10. The summed E-state index contributed by atoms with van der Waals surface area (Å²) in [5.74, 6) is 0.613. The zero-order valence-corrected chi connectivity index (χ0v) is 20.5. The Morgan fingerprint density at radius 2 is 1.70 bits per heavy atom. The second kappa shape index (κ2) is 10.0. The minimum Gasteiger partial charge on any atom is -0.489 e. The van der Waals surface area contributed by atoms with Crippen LogP contribution in [0.5, 0.6) is 5.75 Å². The summed E-state index contributed by atoms with van der Waals surface area (Å²) in [6, 6.07) is 23.6. The first-order valence-corrected chi connectivity index (χ1v) is 11.6. The third-order valence-corrected chi connectivity index (χ3v) is 6.01. The second-order valence-corrected chi connectivity index (χ2v) is 9.00. The summed E-state index contributed by atoms with van der Waals surface area (Å²) in [4.78, 5) is 13.0. The minimum atomic E-state index is -0.165. The van der Waals surface area contributed by atoms with Gasteiger partial charge in [-0.15, -0.1) is 0 Å². The number of aryl methyl sites for hydroxylation is 2. The van der Waals surface area contributed by atoms with Crippen molar-refractivity contribution in [2.45, 2.75) is 33.9 Å². The highest BCUT2D eigenvalue weighted by Crippen LogP contribution is 2.22. The van der Waals surface area contributed by atoms with Crippen LogP contribution in [0.3, 0.4) is 0 Å². The minimum absolute atomic E-state index is 0.165. The number of ether oxygens (including phenoxy) is 1. The average molecular weight is 504 g/mol. The number of aromatic nitrogens is 2. The maximum absolute atomic E-state index is 13.0. The van der Waals surface area contributed by atoms with E-state index >= 15 is 0 Å². The summed E-state index contributed by atoms with van der Waals surface area (Å²) in [5, 5.41) is 7.69. The van der Waals surface area contributed by atoms with Crippen molar-refractivity contribution in [1.29, 1.82) is 0 Å². The van der Waals surface area contributed by atoms with Crippen molar-refractivity contribution in [2.24, 2.45) is 0 Å². The molecular weight excluding hydrogens is 478 g/mol. The Balaban J connectivity index is 1.44. The molecule has 4 aromatic rings. The van der Waals surface area contributed by atoms with Crippen LogP contribution in [0.15, 0.2) is 77.3 Å². The van der Waals surface area contributed by atoms with E-state index in [2.05, 4.69) is 57.5 Å². The van der Waals surface area contributed by atoms with Gasteiger partial charge in [-0.2, -0.15) is 5.10 Å². The molecule has 168 valence electrons. The van der Waals surface area contributed by atoms with Crippen LogP contribution in [0.1, 0.15) is 38.4 Å². The molecule has 0 aliphatic heterocycles. The summed E-state index contributed by atoms with van der Waals surface area (Å²) in [5.41, 5.74) is 6.38. The van der Waals surface area contributed by atoms with E-state index in [0.29, 0.717) is 18.7 Å². The Hall–Kier alpha value is -3.38. The normalized spacial score (nSPS) is 10.8. The van der Waals surface area contributed by atoms with Gasteiger partial charge < -0.3 is 10.1 Å². The Morgan fingerprint density at radius 1 is 0.970 bits per heavy atom. The fourth-order valence-electron chi connectivity index (χ4n) is 3.58. The number of hydrogen-bond acceptors (Lipinski definition) is 3. The van der Waals surface area contributed by atoms with Crippen LogP contribution in [0, 0.1) is 20.8 Å². The predicted molar refractivity (Wildman–Crippen MR) is 135 cm³/mol. The van der Waals surface area contributed by atoms with E-state index in [4.69, 9.17) is 4.74 Å². The first-order valence-electron chi connectivity index (χ1n) is 10.8. The number of amides is 1. The van der Waals surface area contributed by atoms with Gasteiger partial charge in [0.2, 0.25) is 0 Å². The molecule has 5 nitrogen and oxygen atoms in total. The highest BCUT2D eigenvalue weighted by molar-refractivity contribution is 9.10. The molecule has 0 saturated heterocycles. The molecule has 0 radical (unpaired) electrons. The number of nitrogens with zero attached hydrogens (tertiary/aromatic N) is 2. The van der Waals surface area contributed by atoms with E-state index < -0.39 is 0 Å². The van der Waals surface area contributed by atoms with Gasteiger partial charge in [-0.3, -0.25) is 9.48 Å². The fourth-order valence-corrected chi connectivity index (χ4v) is 3.85. The molecule has 1 aromatic heterocycles. The predicted octanol–water partition coefficient (Wildman–Crippen LogP) is 6.45. The van der Waals surface area contributed by atoms with Crippen LogP contribution in [-0.4, -0.2) is 15.7 Å². The van der Waals surface area contributed by atoms with Crippen LogP contribution in [0.25, 0.3) is 0 Å². The maximum atomic E-state index is 13.0. The number of nitrogens with one attached hydrogen (secondary N) is 1. The van der Waals surface area contributed by atoms with Gasteiger partial charge in [-0.25, -0.2) is 0 Å². The SMILES string of the molecule is Cc1ccc(Cn2nc(C)c(NC(=O)c3cccc(COc4ccc(Br)cc4)c3)c2C)cc1.